The van der Waals surface area contributed by atoms with Crippen molar-refractivity contribution in [3.8, 4) is 0 Å². The first kappa shape index (κ1) is 18.4. The molecule has 2 heterocycles. The van der Waals surface area contributed by atoms with Gasteiger partial charge in [-0.15, -0.1) is 16.4 Å². The third-order valence-corrected chi connectivity index (χ3v) is 4.88. The molecule has 0 aliphatic carbocycles. The van der Waals surface area contributed by atoms with Gasteiger partial charge in [0.25, 0.3) is 0 Å². The maximum Gasteiger partial charge on any atom is 0.321 e. The molecule has 2 N–H and O–H groups in total. The predicted octanol–water partition coefficient (Wildman–Crippen LogP) is 1.75. The van der Waals surface area contributed by atoms with Gasteiger partial charge in [0.05, 0.1) is 11.8 Å². The average molecular weight is 368 g/mol. The van der Waals surface area contributed by atoms with E-state index in [1.165, 1.54) is 11.8 Å². The van der Waals surface area contributed by atoms with Crippen molar-refractivity contribution in [3.63, 3.8) is 0 Å². The monoisotopic (exact) mass is 368 g/mol. The fraction of sp³-hybridized carbons (Fsp3) is 0.500. The van der Waals surface area contributed by atoms with Crippen molar-refractivity contribution in [2.45, 2.75) is 37.7 Å². The molecule has 2 aromatic heterocycles. The van der Waals surface area contributed by atoms with Crippen LogP contribution in [-0.4, -0.2) is 43.9 Å². The first-order valence-corrected chi connectivity index (χ1v) is 9.25. The van der Waals surface area contributed by atoms with Crippen LogP contribution in [0.1, 0.15) is 25.6 Å². The maximum atomic E-state index is 12.1. The molecule has 0 saturated heterocycles. The number of thiophene rings is 1. The Balaban J connectivity index is 1.87. The van der Waals surface area contributed by atoms with Gasteiger partial charge in [-0.05, 0) is 34.7 Å². The van der Waals surface area contributed by atoms with Crippen LogP contribution in [0.15, 0.2) is 22.7 Å². The van der Waals surface area contributed by atoms with E-state index in [1.54, 1.807) is 22.9 Å². The summed E-state index contributed by atoms with van der Waals surface area (Å²) in [4.78, 5) is 24.9. The van der Waals surface area contributed by atoms with Gasteiger partial charge in [-0.2, -0.15) is 0 Å². The van der Waals surface area contributed by atoms with E-state index >= 15 is 0 Å². The molecule has 0 fully saturated rings. The molecule has 0 aromatic carbocycles. The lowest BCUT2D eigenvalue weighted by atomic mass is 10.2. The van der Waals surface area contributed by atoms with Gasteiger partial charge in [-0.25, -0.2) is 9.48 Å². The highest BCUT2D eigenvalue weighted by atomic mass is 32.2. The lowest BCUT2D eigenvalue weighted by Crippen LogP contribution is -2.43. The topological polar surface area (TPSA) is 102 Å². The smallest absolute Gasteiger partial charge is 0.321 e. The Morgan fingerprint density at radius 2 is 2.17 bits per heavy atom. The predicted molar refractivity (Wildman–Crippen MR) is 92.9 cm³/mol. The number of thioether (sulfide) groups is 1. The maximum absolute atomic E-state index is 12.1. The van der Waals surface area contributed by atoms with Gasteiger partial charge in [-0.1, -0.05) is 31.7 Å². The molecule has 24 heavy (non-hydrogen) atoms. The van der Waals surface area contributed by atoms with Crippen molar-refractivity contribution in [2.75, 3.05) is 6.54 Å². The van der Waals surface area contributed by atoms with Crippen LogP contribution >= 0.6 is 23.1 Å². The third kappa shape index (κ3) is 5.60. The summed E-state index contributed by atoms with van der Waals surface area (Å²) in [5.74, 6) is -0.0635. The molecule has 8 nitrogen and oxygen atoms in total. The minimum Gasteiger partial charge on any atom is -0.338 e. The minimum absolute atomic E-state index is 0.319. The largest absolute Gasteiger partial charge is 0.338 e. The van der Waals surface area contributed by atoms with Crippen LogP contribution < -0.4 is 10.6 Å². The molecule has 130 valence electrons. The lowest BCUT2D eigenvalue weighted by molar-refractivity contribution is -0.119. The van der Waals surface area contributed by atoms with Crippen LogP contribution in [-0.2, 0) is 11.3 Å². The molecular formula is C14H20N6O2S2. The summed E-state index contributed by atoms with van der Waals surface area (Å²) in [6.45, 7) is 6.73. The summed E-state index contributed by atoms with van der Waals surface area (Å²) in [7, 11) is 0. The average Bonchev–Trinajstić information content (AvgIpc) is 3.18. The SMILES string of the molecule is CC(C)CNC(=O)NC(=O)C(C)Sc1nnnn1Cc1cccs1. The quantitative estimate of drug-likeness (QED) is 0.722. The summed E-state index contributed by atoms with van der Waals surface area (Å²) < 4.78 is 1.64. The van der Waals surface area contributed by atoms with Gasteiger partial charge in [0.1, 0.15) is 0 Å². The van der Waals surface area contributed by atoms with Crippen molar-refractivity contribution in [2.24, 2.45) is 5.92 Å². The van der Waals surface area contributed by atoms with E-state index < -0.39 is 11.3 Å². The highest BCUT2D eigenvalue weighted by molar-refractivity contribution is 8.00. The lowest BCUT2D eigenvalue weighted by Gasteiger charge is -2.12. The van der Waals surface area contributed by atoms with E-state index in [4.69, 9.17) is 0 Å². The third-order valence-electron chi connectivity index (χ3n) is 2.94. The zero-order valence-corrected chi connectivity index (χ0v) is 15.4. The van der Waals surface area contributed by atoms with Gasteiger partial charge in [0.2, 0.25) is 11.1 Å². The number of aromatic nitrogens is 4. The van der Waals surface area contributed by atoms with Gasteiger partial charge in [0, 0.05) is 11.4 Å². The van der Waals surface area contributed by atoms with Crippen LogP contribution in [0.4, 0.5) is 4.79 Å². The van der Waals surface area contributed by atoms with E-state index in [2.05, 4.69) is 26.2 Å². The number of carbonyl (C=O) groups is 2. The normalized spacial score (nSPS) is 12.2. The zero-order valence-electron chi connectivity index (χ0n) is 13.7. The van der Waals surface area contributed by atoms with Crippen LogP contribution in [0.2, 0.25) is 0 Å². The molecular weight excluding hydrogens is 348 g/mol. The van der Waals surface area contributed by atoms with Crippen molar-refractivity contribution >= 4 is 35.0 Å². The van der Waals surface area contributed by atoms with Crippen LogP contribution in [0.25, 0.3) is 0 Å². The number of rotatable bonds is 7. The number of urea groups is 1. The van der Waals surface area contributed by atoms with Gasteiger partial charge >= 0.3 is 6.03 Å². The Kier molecular flexibility index (Phi) is 6.73. The Morgan fingerprint density at radius 3 is 2.83 bits per heavy atom. The number of hydrogen-bond acceptors (Lipinski definition) is 7. The fourth-order valence-electron chi connectivity index (χ4n) is 1.70. The Hall–Kier alpha value is -1.94. The molecule has 0 aliphatic rings. The second-order valence-electron chi connectivity index (χ2n) is 5.55. The zero-order chi connectivity index (χ0) is 17.5. The Bertz CT molecular complexity index is 671. The number of tetrazole rings is 1. The van der Waals surface area contributed by atoms with Crippen molar-refractivity contribution in [3.05, 3.63) is 22.4 Å². The molecule has 0 aliphatic heterocycles. The second-order valence-corrected chi connectivity index (χ2v) is 7.89. The molecule has 0 spiro atoms. The standard InChI is InChI=1S/C14H20N6O2S2/c1-9(2)7-15-13(22)16-12(21)10(3)24-14-17-18-19-20(14)8-11-5-4-6-23-11/h4-6,9-10H,7-8H2,1-3H3,(H2,15,16,21,22). The fourth-order valence-corrected chi connectivity index (χ4v) is 3.17. The van der Waals surface area contributed by atoms with E-state index in [1.807, 2.05) is 31.4 Å². The number of carbonyl (C=O) groups excluding carboxylic acids is 2. The van der Waals surface area contributed by atoms with Crippen LogP contribution in [0.5, 0.6) is 0 Å². The van der Waals surface area contributed by atoms with E-state index in [0.29, 0.717) is 24.2 Å². The molecule has 2 aromatic rings. The highest BCUT2D eigenvalue weighted by Gasteiger charge is 2.20. The first-order chi connectivity index (χ1) is 11.5. The molecule has 0 saturated carbocycles. The molecule has 0 bridgehead atoms. The number of nitrogens with zero attached hydrogens (tertiary/aromatic N) is 4. The van der Waals surface area contributed by atoms with Crippen molar-refractivity contribution in [1.82, 2.24) is 30.8 Å². The number of imide groups is 1. The molecule has 3 amide bonds. The summed E-state index contributed by atoms with van der Waals surface area (Å²) in [5.41, 5.74) is 0. The molecule has 1 atom stereocenters. The van der Waals surface area contributed by atoms with Crippen molar-refractivity contribution < 1.29 is 9.59 Å². The molecule has 0 radical (unpaired) electrons. The molecule has 2 rings (SSSR count). The summed E-state index contributed by atoms with van der Waals surface area (Å²) in [6, 6.07) is 3.47. The van der Waals surface area contributed by atoms with Gasteiger partial charge < -0.3 is 5.32 Å². The minimum atomic E-state index is -0.497. The number of nitrogens with one attached hydrogen (secondary N) is 2. The highest BCUT2D eigenvalue weighted by Crippen LogP contribution is 2.21. The van der Waals surface area contributed by atoms with Crippen molar-refractivity contribution in [1.29, 1.82) is 0 Å². The molecule has 10 heteroatoms. The Labute approximate surface area is 148 Å². The Morgan fingerprint density at radius 1 is 1.38 bits per heavy atom. The summed E-state index contributed by atoms with van der Waals surface area (Å²) in [5, 5.41) is 18.5. The van der Waals surface area contributed by atoms with Gasteiger partial charge in [0.15, 0.2) is 0 Å². The molecule has 1 unspecified atom stereocenters. The summed E-state index contributed by atoms with van der Waals surface area (Å²) >= 11 is 2.83. The number of amides is 3. The number of hydrogen-bond donors (Lipinski definition) is 2. The van der Waals surface area contributed by atoms with E-state index in [-0.39, 0.29) is 5.91 Å². The first-order valence-electron chi connectivity index (χ1n) is 7.49. The van der Waals surface area contributed by atoms with E-state index in [9.17, 15) is 9.59 Å². The van der Waals surface area contributed by atoms with E-state index in [0.717, 1.165) is 4.88 Å². The van der Waals surface area contributed by atoms with Gasteiger partial charge in [-0.3, -0.25) is 10.1 Å². The summed E-state index contributed by atoms with van der Waals surface area (Å²) in [6.07, 6.45) is 0. The second kappa shape index (κ2) is 8.78. The van der Waals surface area contributed by atoms with Crippen LogP contribution in [0.3, 0.4) is 0 Å². The van der Waals surface area contributed by atoms with Crippen LogP contribution in [0, 0.1) is 5.92 Å².